The molecule has 0 radical (unpaired) electrons. The van der Waals surface area contributed by atoms with Crippen LogP contribution in [0.25, 0.3) is 0 Å². The van der Waals surface area contributed by atoms with Gasteiger partial charge in [-0.15, -0.1) is 0 Å². The summed E-state index contributed by atoms with van der Waals surface area (Å²) >= 11 is 0. The van der Waals surface area contributed by atoms with Crippen LogP contribution in [0.2, 0.25) is 0 Å². The zero-order valence-corrected chi connectivity index (χ0v) is 12.5. The van der Waals surface area contributed by atoms with Gasteiger partial charge >= 0.3 is 0 Å². The maximum Gasteiger partial charge on any atom is 0.246 e. The van der Waals surface area contributed by atoms with E-state index in [1.807, 2.05) is 0 Å². The Bertz CT molecular complexity index is 698. The van der Waals surface area contributed by atoms with Crippen molar-refractivity contribution in [2.75, 3.05) is 20.2 Å². The van der Waals surface area contributed by atoms with Crippen LogP contribution in [0.3, 0.4) is 0 Å². The first-order chi connectivity index (χ1) is 9.91. The number of halogens is 1. The van der Waals surface area contributed by atoms with E-state index in [4.69, 9.17) is 4.74 Å². The lowest BCUT2D eigenvalue weighted by atomic mass is 10.3. The summed E-state index contributed by atoms with van der Waals surface area (Å²) in [4.78, 5) is 0.145. The molecule has 0 unspecified atom stereocenters. The average Bonchev–Trinajstić information content (AvgIpc) is 2.88. The Kier molecular flexibility index (Phi) is 4.59. The Morgan fingerprint density at radius 3 is 2.57 bits per heavy atom. The van der Waals surface area contributed by atoms with E-state index < -0.39 is 10.0 Å². The monoisotopic (exact) mass is 313 g/mol. The molecule has 0 aliphatic carbocycles. The minimum absolute atomic E-state index is 0.145. The minimum atomic E-state index is -3.59. The number of nitrogens with one attached hydrogen (secondary N) is 1. The number of hydrogen-bond donors (Lipinski definition) is 1. The van der Waals surface area contributed by atoms with E-state index in [1.54, 1.807) is 6.92 Å². The maximum atomic E-state index is 12.7. The molecule has 0 saturated heterocycles. The molecule has 2 rings (SSSR count). The van der Waals surface area contributed by atoms with Gasteiger partial charge in [0.15, 0.2) is 0 Å². The van der Waals surface area contributed by atoms with E-state index in [0.717, 1.165) is 0 Å². The van der Waals surface area contributed by atoms with E-state index in [0.29, 0.717) is 11.4 Å². The predicted molar refractivity (Wildman–Crippen MR) is 75.0 cm³/mol. The zero-order valence-electron chi connectivity index (χ0n) is 11.7. The third kappa shape index (κ3) is 3.59. The topological polar surface area (TPSA) is 75.3 Å². The van der Waals surface area contributed by atoms with Crippen LogP contribution in [0.5, 0.6) is 5.75 Å². The van der Waals surface area contributed by atoms with Crippen LogP contribution >= 0.6 is 0 Å². The fourth-order valence-corrected chi connectivity index (χ4v) is 2.98. The number of benzene rings is 1. The molecule has 0 bridgehead atoms. The summed E-state index contributed by atoms with van der Waals surface area (Å²) < 4.78 is 43.8. The van der Waals surface area contributed by atoms with Gasteiger partial charge in [-0.3, -0.25) is 5.10 Å². The molecular formula is C13H16FN3O3S. The molecule has 0 aliphatic rings. The lowest BCUT2D eigenvalue weighted by Crippen LogP contribution is -2.31. The first-order valence-electron chi connectivity index (χ1n) is 6.26. The Hall–Kier alpha value is -1.93. The standard InChI is InChI=1S/C13H16FN3O3S/c1-10-13(9-15-16-10)21(18,19)17(2)7-8-20-12-5-3-11(14)4-6-12/h3-6,9H,7-8H2,1-2H3,(H,15,16). The lowest BCUT2D eigenvalue weighted by molar-refractivity contribution is 0.286. The van der Waals surface area contributed by atoms with Crippen LogP contribution in [-0.2, 0) is 10.0 Å². The van der Waals surface area contributed by atoms with Crippen LogP contribution in [-0.4, -0.2) is 43.1 Å². The van der Waals surface area contributed by atoms with Crippen molar-refractivity contribution in [2.24, 2.45) is 0 Å². The molecule has 1 heterocycles. The highest BCUT2D eigenvalue weighted by molar-refractivity contribution is 7.89. The van der Waals surface area contributed by atoms with Crippen LogP contribution in [0.15, 0.2) is 35.4 Å². The largest absolute Gasteiger partial charge is 0.492 e. The predicted octanol–water partition coefficient (Wildman–Crippen LogP) is 1.56. The van der Waals surface area contributed by atoms with Crippen molar-refractivity contribution < 1.29 is 17.5 Å². The van der Waals surface area contributed by atoms with Crippen molar-refractivity contribution in [3.63, 3.8) is 0 Å². The van der Waals surface area contributed by atoms with Crippen LogP contribution in [0, 0.1) is 12.7 Å². The van der Waals surface area contributed by atoms with Crippen LogP contribution < -0.4 is 4.74 Å². The number of nitrogens with zero attached hydrogens (tertiary/aromatic N) is 2. The van der Waals surface area contributed by atoms with Gasteiger partial charge in [0, 0.05) is 13.6 Å². The van der Waals surface area contributed by atoms with Gasteiger partial charge in [0.1, 0.15) is 23.1 Å². The Balaban J connectivity index is 1.94. The number of sulfonamides is 1. The quantitative estimate of drug-likeness (QED) is 0.878. The van der Waals surface area contributed by atoms with E-state index in [-0.39, 0.29) is 23.9 Å². The van der Waals surface area contributed by atoms with Gasteiger partial charge < -0.3 is 4.74 Å². The van der Waals surface area contributed by atoms with E-state index in [1.165, 1.54) is 41.8 Å². The zero-order chi connectivity index (χ0) is 15.5. The van der Waals surface area contributed by atoms with Gasteiger partial charge in [-0.05, 0) is 31.2 Å². The van der Waals surface area contributed by atoms with E-state index in [2.05, 4.69) is 10.2 Å². The van der Waals surface area contributed by atoms with Crippen molar-refractivity contribution in [2.45, 2.75) is 11.8 Å². The van der Waals surface area contributed by atoms with Gasteiger partial charge in [-0.25, -0.2) is 12.8 Å². The van der Waals surface area contributed by atoms with E-state index in [9.17, 15) is 12.8 Å². The highest BCUT2D eigenvalue weighted by atomic mass is 32.2. The number of ether oxygens (including phenoxy) is 1. The molecule has 114 valence electrons. The second-order valence-electron chi connectivity index (χ2n) is 4.49. The maximum absolute atomic E-state index is 12.7. The second kappa shape index (κ2) is 6.23. The SMILES string of the molecule is Cc1[nH]ncc1S(=O)(=O)N(C)CCOc1ccc(F)cc1. The molecule has 6 nitrogen and oxygen atoms in total. The first-order valence-corrected chi connectivity index (χ1v) is 7.70. The summed E-state index contributed by atoms with van der Waals surface area (Å²) in [5.74, 6) is 0.138. The van der Waals surface area contributed by atoms with Crippen molar-refractivity contribution in [3.05, 3.63) is 42.0 Å². The molecule has 1 aromatic carbocycles. The number of likely N-dealkylation sites (N-methyl/N-ethyl adjacent to an activating group) is 1. The average molecular weight is 313 g/mol. The number of hydrogen-bond acceptors (Lipinski definition) is 4. The van der Waals surface area contributed by atoms with Gasteiger partial charge in [-0.2, -0.15) is 9.40 Å². The summed E-state index contributed by atoms with van der Waals surface area (Å²) in [6, 6.07) is 5.55. The lowest BCUT2D eigenvalue weighted by Gasteiger charge is -2.17. The number of aromatic amines is 1. The van der Waals surface area contributed by atoms with Crippen LogP contribution in [0.4, 0.5) is 4.39 Å². The minimum Gasteiger partial charge on any atom is -0.492 e. The number of H-pyrrole nitrogens is 1. The first kappa shape index (κ1) is 15.5. The molecule has 0 aliphatic heterocycles. The molecule has 0 fully saturated rings. The summed E-state index contributed by atoms with van der Waals surface area (Å²) in [7, 11) is -2.12. The van der Waals surface area contributed by atoms with Crippen molar-refractivity contribution >= 4 is 10.0 Å². The molecule has 0 spiro atoms. The van der Waals surface area contributed by atoms with Gasteiger partial charge in [-0.1, -0.05) is 0 Å². The Morgan fingerprint density at radius 2 is 2.00 bits per heavy atom. The normalized spacial score (nSPS) is 11.8. The molecule has 21 heavy (non-hydrogen) atoms. The highest BCUT2D eigenvalue weighted by Crippen LogP contribution is 2.16. The Morgan fingerprint density at radius 1 is 1.33 bits per heavy atom. The van der Waals surface area contributed by atoms with Crippen molar-refractivity contribution in [1.29, 1.82) is 0 Å². The Labute approximate surface area is 122 Å². The fraction of sp³-hybridized carbons (Fsp3) is 0.308. The third-order valence-corrected chi connectivity index (χ3v) is 4.93. The van der Waals surface area contributed by atoms with Crippen molar-refractivity contribution in [1.82, 2.24) is 14.5 Å². The number of rotatable bonds is 6. The fourth-order valence-electron chi connectivity index (χ4n) is 1.71. The highest BCUT2D eigenvalue weighted by Gasteiger charge is 2.23. The molecule has 0 saturated carbocycles. The van der Waals surface area contributed by atoms with Gasteiger partial charge in [0.2, 0.25) is 10.0 Å². The van der Waals surface area contributed by atoms with Gasteiger partial charge in [0.05, 0.1) is 11.9 Å². The van der Waals surface area contributed by atoms with Crippen molar-refractivity contribution in [3.8, 4) is 5.75 Å². The summed E-state index contributed by atoms with van der Waals surface area (Å²) in [6.07, 6.45) is 1.28. The van der Waals surface area contributed by atoms with E-state index >= 15 is 0 Å². The molecule has 1 aromatic heterocycles. The summed E-state index contributed by atoms with van der Waals surface area (Å²) in [5, 5.41) is 6.30. The molecule has 8 heteroatoms. The molecule has 0 atom stereocenters. The molecular weight excluding hydrogens is 297 g/mol. The molecule has 1 N–H and O–H groups in total. The smallest absolute Gasteiger partial charge is 0.246 e. The molecule has 2 aromatic rings. The third-order valence-electron chi connectivity index (χ3n) is 2.96. The molecule has 0 amide bonds. The number of aromatic nitrogens is 2. The van der Waals surface area contributed by atoms with Crippen LogP contribution in [0.1, 0.15) is 5.69 Å². The van der Waals surface area contributed by atoms with Gasteiger partial charge in [0.25, 0.3) is 0 Å². The summed E-state index contributed by atoms with van der Waals surface area (Å²) in [5.41, 5.74) is 0.487. The number of aryl methyl sites for hydroxylation is 1. The second-order valence-corrected chi connectivity index (χ2v) is 6.50. The summed E-state index contributed by atoms with van der Waals surface area (Å²) in [6.45, 7) is 1.98.